The summed E-state index contributed by atoms with van der Waals surface area (Å²) >= 11 is 3.29. The van der Waals surface area contributed by atoms with Crippen molar-refractivity contribution in [3.63, 3.8) is 0 Å². The van der Waals surface area contributed by atoms with E-state index in [1.54, 1.807) is 18.2 Å². The van der Waals surface area contributed by atoms with Crippen molar-refractivity contribution in [2.24, 2.45) is 0 Å². The van der Waals surface area contributed by atoms with Crippen molar-refractivity contribution < 1.29 is 18.7 Å². The SMILES string of the molecule is COc1ccc(Br)cc1C(=O)NNc1cnc(OC)c(F)c1. The van der Waals surface area contributed by atoms with Gasteiger partial charge in [-0.25, -0.2) is 9.37 Å². The van der Waals surface area contributed by atoms with Crippen molar-refractivity contribution in [2.75, 3.05) is 19.6 Å². The Bertz CT molecular complexity index is 697. The van der Waals surface area contributed by atoms with Crippen molar-refractivity contribution in [3.05, 3.63) is 46.3 Å². The second kappa shape index (κ2) is 7.08. The Labute approximate surface area is 134 Å². The van der Waals surface area contributed by atoms with E-state index < -0.39 is 11.7 Å². The van der Waals surface area contributed by atoms with Crippen LogP contribution in [0, 0.1) is 5.82 Å². The molecular formula is C14H13BrFN3O3. The van der Waals surface area contributed by atoms with E-state index in [0.717, 1.165) is 10.5 Å². The molecule has 6 nitrogen and oxygen atoms in total. The second-order valence-electron chi connectivity index (χ2n) is 4.14. The molecule has 1 amide bonds. The molecule has 2 N–H and O–H groups in total. The molecule has 0 aliphatic heterocycles. The third-order valence-corrected chi connectivity index (χ3v) is 3.22. The molecule has 0 fully saturated rings. The van der Waals surface area contributed by atoms with Gasteiger partial charge < -0.3 is 9.47 Å². The fourth-order valence-electron chi connectivity index (χ4n) is 1.70. The van der Waals surface area contributed by atoms with Crippen LogP contribution in [0.3, 0.4) is 0 Å². The van der Waals surface area contributed by atoms with Gasteiger partial charge in [-0.15, -0.1) is 0 Å². The number of carbonyl (C=O) groups excluding carboxylic acids is 1. The first kappa shape index (κ1) is 16.0. The van der Waals surface area contributed by atoms with Crippen LogP contribution in [0.5, 0.6) is 11.6 Å². The fraction of sp³-hybridized carbons (Fsp3) is 0.143. The highest BCUT2D eigenvalue weighted by Crippen LogP contribution is 2.23. The van der Waals surface area contributed by atoms with Gasteiger partial charge in [0.2, 0.25) is 5.88 Å². The average Bonchev–Trinajstić information content (AvgIpc) is 2.52. The molecule has 116 valence electrons. The predicted molar refractivity (Wildman–Crippen MR) is 82.5 cm³/mol. The maximum Gasteiger partial charge on any atom is 0.273 e. The highest BCUT2D eigenvalue weighted by Gasteiger charge is 2.13. The normalized spacial score (nSPS) is 10.0. The Morgan fingerprint density at radius 1 is 1.27 bits per heavy atom. The number of aromatic nitrogens is 1. The van der Waals surface area contributed by atoms with Crippen LogP contribution in [0.1, 0.15) is 10.4 Å². The molecule has 22 heavy (non-hydrogen) atoms. The summed E-state index contributed by atoms with van der Waals surface area (Å²) < 4.78 is 24.1. The maximum absolute atomic E-state index is 13.5. The molecule has 8 heteroatoms. The molecule has 0 saturated heterocycles. The number of rotatable bonds is 5. The van der Waals surface area contributed by atoms with Gasteiger partial charge in [-0.05, 0) is 18.2 Å². The lowest BCUT2D eigenvalue weighted by molar-refractivity contribution is 0.0959. The number of halogens is 2. The van der Waals surface area contributed by atoms with Gasteiger partial charge in [-0.1, -0.05) is 15.9 Å². The number of pyridine rings is 1. The summed E-state index contributed by atoms with van der Waals surface area (Å²) in [6.07, 6.45) is 1.33. The van der Waals surface area contributed by atoms with Gasteiger partial charge >= 0.3 is 0 Å². The number of hydrogen-bond donors (Lipinski definition) is 2. The Kier molecular flexibility index (Phi) is 5.16. The molecule has 1 aromatic carbocycles. The van der Waals surface area contributed by atoms with Crippen LogP contribution >= 0.6 is 15.9 Å². The summed E-state index contributed by atoms with van der Waals surface area (Å²) in [7, 11) is 2.79. The minimum Gasteiger partial charge on any atom is -0.496 e. The Balaban J connectivity index is 2.10. The number of nitrogens with one attached hydrogen (secondary N) is 2. The first-order valence-electron chi connectivity index (χ1n) is 6.14. The molecule has 0 unspecified atom stereocenters. The molecule has 1 aromatic heterocycles. The fourth-order valence-corrected chi connectivity index (χ4v) is 2.06. The monoisotopic (exact) mass is 369 g/mol. The maximum atomic E-state index is 13.5. The Morgan fingerprint density at radius 3 is 2.68 bits per heavy atom. The van der Waals surface area contributed by atoms with E-state index in [1.165, 1.54) is 20.4 Å². The standard InChI is InChI=1S/C14H13BrFN3O3/c1-21-12-4-3-8(15)5-10(12)13(20)19-18-9-6-11(16)14(22-2)17-7-9/h3-7,18H,1-2H3,(H,19,20). The zero-order chi connectivity index (χ0) is 16.1. The lowest BCUT2D eigenvalue weighted by Gasteiger charge is -2.11. The molecule has 0 radical (unpaired) electrons. The van der Waals surface area contributed by atoms with E-state index in [0.29, 0.717) is 11.3 Å². The van der Waals surface area contributed by atoms with Gasteiger partial charge in [0.15, 0.2) is 5.82 Å². The topological polar surface area (TPSA) is 72.5 Å². The van der Waals surface area contributed by atoms with E-state index in [1.807, 2.05) is 0 Å². The van der Waals surface area contributed by atoms with Gasteiger partial charge in [-0.3, -0.25) is 15.6 Å². The summed E-state index contributed by atoms with van der Waals surface area (Å²) in [6, 6.07) is 6.19. The summed E-state index contributed by atoms with van der Waals surface area (Å²) in [6.45, 7) is 0. The number of hydrazine groups is 1. The van der Waals surface area contributed by atoms with Crippen molar-refractivity contribution in [3.8, 4) is 11.6 Å². The quantitative estimate of drug-likeness (QED) is 0.792. The Hall–Kier alpha value is -2.35. The summed E-state index contributed by atoms with van der Waals surface area (Å²) in [5.74, 6) is -0.775. The number of carbonyl (C=O) groups is 1. The van der Waals surface area contributed by atoms with Crippen LogP contribution in [0.4, 0.5) is 10.1 Å². The van der Waals surface area contributed by atoms with Gasteiger partial charge in [0.1, 0.15) is 5.75 Å². The van der Waals surface area contributed by atoms with Crippen LogP contribution in [-0.4, -0.2) is 25.1 Å². The van der Waals surface area contributed by atoms with Gasteiger partial charge in [0.25, 0.3) is 5.91 Å². The molecule has 0 atom stereocenters. The second-order valence-corrected chi connectivity index (χ2v) is 5.05. The third kappa shape index (κ3) is 3.64. The third-order valence-electron chi connectivity index (χ3n) is 2.73. The number of anilines is 1. The van der Waals surface area contributed by atoms with E-state index in [-0.39, 0.29) is 11.6 Å². The van der Waals surface area contributed by atoms with Crippen LogP contribution in [0.2, 0.25) is 0 Å². The molecule has 0 bridgehead atoms. The summed E-state index contributed by atoms with van der Waals surface area (Å²) in [5.41, 5.74) is 5.63. The number of amides is 1. The van der Waals surface area contributed by atoms with Crippen molar-refractivity contribution in [1.29, 1.82) is 0 Å². The molecular weight excluding hydrogens is 357 g/mol. The molecule has 2 aromatic rings. The highest BCUT2D eigenvalue weighted by molar-refractivity contribution is 9.10. The first-order valence-corrected chi connectivity index (χ1v) is 6.94. The number of hydrogen-bond acceptors (Lipinski definition) is 5. The Morgan fingerprint density at radius 2 is 2.05 bits per heavy atom. The number of ether oxygens (including phenoxy) is 2. The van der Waals surface area contributed by atoms with Crippen LogP contribution in [0.15, 0.2) is 34.9 Å². The minimum atomic E-state index is -0.637. The lowest BCUT2D eigenvalue weighted by Crippen LogP contribution is -2.29. The minimum absolute atomic E-state index is 0.120. The highest BCUT2D eigenvalue weighted by atomic mass is 79.9. The largest absolute Gasteiger partial charge is 0.496 e. The number of nitrogens with zero attached hydrogens (tertiary/aromatic N) is 1. The molecule has 0 spiro atoms. The average molecular weight is 370 g/mol. The predicted octanol–water partition coefficient (Wildman–Crippen LogP) is 2.76. The molecule has 1 heterocycles. The molecule has 0 saturated carbocycles. The van der Waals surface area contributed by atoms with Crippen molar-refractivity contribution in [2.45, 2.75) is 0 Å². The van der Waals surface area contributed by atoms with Gasteiger partial charge in [0, 0.05) is 10.5 Å². The lowest BCUT2D eigenvalue weighted by atomic mass is 10.2. The van der Waals surface area contributed by atoms with Gasteiger partial charge in [-0.2, -0.15) is 0 Å². The molecule has 0 aliphatic rings. The summed E-state index contributed by atoms with van der Waals surface area (Å²) in [5, 5.41) is 0. The smallest absolute Gasteiger partial charge is 0.273 e. The summed E-state index contributed by atoms with van der Waals surface area (Å²) in [4.78, 5) is 15.9. The van der Waals surface area contributed by atoms with Gasteiger partial charge in [0.05, 0.1) is 31.7 Å². The zero-order valence-electron chi connectivity index (χ0n) is 11.8. The van der Waals surface area contributed by atoms with Crippen molar-refractivity contribution in [1.82, 2.24) is 10.4 Å². The van der Waals surface area contributed by atoms with E-state index in [9.17, 15) is 9.18 Å². The zero-order valence-corrected chi connectivity index (χ0v) is 13.4. The van der Waals surface area contributed by atoms with Crippen LogP contribution < -0.4 is 20.3 Å². The van der Waals surface area contributed by atoms with Crippen LogP contribution in [0.25, 0.3) is 0 Å². The van der Waals surface area contributed by atoms with E-state index in [4.69, 9.17) is 9.47 Å². The van der Waals surface area contributed by atoms with Crippen LogP contribution in [-0.2, 0) is 0 Å². The van der Waals surface area contributed by atoms with E-state index >= 15 is 0 Å². The van der Waals surface area contributed by atoms with E-state index in [2.05, 4.69) is 31.8 Å². The van der Waals surface area contributed by atoms with Crippen molar-refractivity contribution >= 4 is 27.5 Å². The molecule has 0 aliphatic carbocycles. The first-order chi connectivity index (χ1) is 10.5. The molecule has 2 rings (SSSR count). The number of benzene rings is 1. The number of methoxy groups -OCH3 is 2.